The largest absolute Gasteiger partial charge is 0.382 e. The van der Waals surface area contributed by atoms with Gasteiger partial charge in [0.05, 0.1) is 0 Å². The van der Waals surface area contributed by atoms with Crippen molar-refractivity contribution in [2.45, 2.75) is 71.3 Å². The Morgan fingerprint density at radius 3 is 2.68 bits per heavy atom. The summed E-state index contributed by atoms with van der Waals surface area (Å²) in [6.45, 7) is 6.06. The van der Waals surface area contributed by atoms with Crippen LogP contribution in [0.4, 0.5) is 0 Å². The summed E-state index contributed by atoms with van der Waals surface area (Å²) in [7, 11) is 0. The second-order valence-corrected chi connectivity index (χ2v) is 8.53. The quantitative estimate of drug-likeness (QED) is 0.795. The van der Waals surface area contributed by atoms with Crippen LogP contribution in [0.3, 0.4) is 0 Å². The minimum absolute atomic E-state index is 0.158. The number of carbonyl (C=O) groups excluding carboxylic acids is 2. The Kier molecular flexibility index (Phi) is 3.63. The van der Waals surface area contributed by atoms with Gasteiger partial charge < -0.3 is 9.90 Å². The first-order valence-electron chi connectivity index (χ1n) is 8.64. The number of aldehydes is 1. The third-order valence-corrected chi connectivity index (χ3v) is 7.30. The van der Waals surface area contributed by atoms with E-state index in [2.05, 4.69) is 13.8 Å². The van der Waals surface area contributed by atoms with Crippen LogP contribution in [0.15, 0.2) is 11.6 Å². The van der Waals surface area contributed by atoms with Gasteiger partial charge in [-0.05, 0) is 68.8 Å². The summed E-state index contributed by atoms with van der Waals surface area (Å²) in [4.78, 5) is 23.1. The van der Waals surface area contributed by atoms with Crippen molar-refractivity contribution in [2.24, 2.45) is 22.7 Å². The predicted octanol–water partition coefficient (Wildman–Crippen LogP) is 3.45. The van der Waals surface area contributed by atoms with Crippen molar-refractivity contribution in [1.29, 1.82) is 0 Å². The fourth-order valence-electron chi connectivity index (χ4n) is 5.37. The first-order valence-corrected chi connectivity index (χ1v) is 8.64. The van der Waals surface area contributed by atoms with E-state index < -0.39 is 5.60 Å². The summed E-state index contributed by atoms with van der Waals surface area (Å²) in [6, 6.07) is 0. The number of fused-ring (bicyclic) bond motifs is 3. The number of ketones is 1. The summed E-state index contributed by atoms with van der Waals surface area (Å²) in [5, 5.41) is 10.5. The predicted molar refractivity (Wildman–Crippen MR) is 85.3 cm³/mol. The molecule has 0 aromatic rings. The molecule has 3 aliphatic rings. The molecule has 0 aromatic carbocycles. The van der Waals surface area contributed by atoms with Crippen LogP contribution in [-0.2, 0) is 9.59 Å². The van der Waals surface area contributed by atoms with Crippen molar-refractivity contribution in [3.8, 4) is 0 Å². The van der Waals surface area contributed by atoms with Crippen LogP contribution in [0.2, 0.25) is 0 Å². The smallest absolute Gasteiger partial charge is 0.155 e. The maximum atomic E-state index is 11.7. The number of hydrogen-bond donors (Lipinski definition) is 1. The highest BCUT2D eigenvalue weighted by atomic mass is 16.3. The second kappa shape index (κ2) is 5.02. The van der Waals surface area contributed by atoms with Crippen molar-refractivity contribution < 1.29 is 14.7 Å². The van der Waals surface area contributed by atoms with Gasteiger partial charge in [0, 0.05) is 11.8 Å². The average molecular weight is 304 g/mol. The molecular formula is C19H28O3. The molecule has 3 rings (SSSR count). The summed E-state index contributed by atoms with van der Waals surface area (Å²) in [5.74, 6) is 1.44. The Hall–Kier alpha value is -0.960. The fraction of sp³-hybridized carbons (Fsp3) is 0.789. The van der Waals surface area contributed by atoms with Crippen molar-refractivity contribution in [2.75, 3.05) is 0 Å². The van der Waals surface area contributed by atoms with E-state index in [9.17, 15) is 14.7 Å². The van der Waals surface area contributed by atoms with Crippen LogP contribution in [0.25, 0.3) is 0 Å². The highest BCUT2D eigenvalue weighted by molar-refractivity contribution is 5.91. The minimum Gasteiger partial charge on any atom is -0.382 e. The third kappa shape index (κ3) is 2.20. The number of allylic oxidation sites excluding steroid dienone is 2. The van der Waals surface area contributed by atoms with Gasteiger partial charge in [-0.25, -0.2) is 0 Å². The normalized spacial score (nSPS) is 44.4. The molecule has 2 fully saturated rings. The third-order valence-electron chi connectivity index (χ3n) is 7.30. The monoisotopic (exact) mass is 304 g/mol. The first-order chi connectivity index (χ1) is 10.2. The molecule has 0 amide bonds. The van der Waals surface area contributed by atoms with Crippen molar-refractivity contribution >= 4 is 12.1 Å². The minimum atomic E-state index is -1.24. The first kappa shape index (κ1) is 15.9. The molecule has 0 spiro atoms. The maximum absolute atomic E-state index is 11.7. The lowest BCUT2D eigenvalue weighted by Gasteiger charge is -2.56. The Morgan fingerprint density at radius 1 is 1.27 bits per heavy atom. The Labute approximate surface area is 133 Å². The van der Waals surface area contributed by atoms with Gasteiger partial charge in [-0.15, -0.1) is 0 Å². The molecule has 0 aliphatic heterocycles. The van der Waals surface area contributed by atoms with Gasteiger partial charge in [0.15, 0.2) is 12.1 Å². The summed E-state index contributed by atoms with van der Waals surface area (Å²) in [5.41, 5.74) is -0.0449. The Balaban J connectivity index is 1.87. The van der Waals surface area contributed by atoms with E-state index in [4.69, 9.17) is 0 Å². The van der Waals surface area contributed by atoms with Gasteiger partial charge in [-0.3, -0.25) is 4.79 Å². The maximum Gasteiger partial charge on any atom is 0.155 e. The molecule has 1 N–H and O–H groups in total. The van der Waals surface area contributed by atoms with Gasteiger partial charge in [-0.2, -0.15) is 0 Å². The summed E-state index contributed by atoms with van der Waals surface area (Å²) >= 11 is 0. The number of aliphatic hydroxyl groups is 1. The van der Waals surface area contributed by atoms with E-state index >= 15 is 0 Å². The lowest BCUT2D eigenvalue weighted by Crippen LogP contribution is -2.53. The number of hydrogen-bond acceptors (Lipinski definition) is 3. The number of rotatable bonds is 2. The van der Waals surface area contributed by atoms with Crippen LogP contribution < -0.4 is 0 Å². The van der Waals surface area contributed by atoms with Crippen LogP contribution in [-0.4, -0.2) is 22.8 Å². The zero-order chi connectivity index (χ0) is 16.2. The Morgan fingerprint density at radius 2 is 2.00 bits per heavy atom. The fourth-order valence-corrected chi connectivity index (χ4v) is 5.37. The molecule has 0 bridgehead atoms. The van der Waals surface area contributed by atoms with E-state index in [0.717, 1.165) is 44.8 Å². The average Bonchev–Trinajstić information content (AvgIpc) is 2.47. The molecule has 2 saturated carbocycles. The number of carbonyl (C=O) groups is 2. The molecule has 3 nitrogen and oxygen atoms in total. The van der Waals surface area contributed by atoms with Crippen LogP contribution >= 0.6 is 0 Å². The van der Waals surface area contributed by atoms with E-state index in [0.29, 0.717) is 18.3 Å². The van der Waals surface area contributed by atoms with Crippen molar-refractivity contribution in [3.05, 3.63) is 11.6 Å². The van der Waals surface area contributed by atoms with Gasteiger partial charge in [0.25, 0.3) is 0 Å². The molecule has 0 aromatic heterocycles. The molecule has 4 unspecified atom stereocenters. The van der Waals surface area contributed by atoms with Crippen molar-refractivity contribution in [3.63, 3.8) is 0 Å². The second-order valence-electron chi connectivity index (χ2n) is 8.53. The van der Waals surface area contributed by atoms with Crippen LogP contribution in [0, 0.1) is 22.7 Å². The van der Waals surface area contributed by atoms with Crippen molar-refractivity contribution in [1.82, 2.24) is 0 Å². The molecule has 5 atom stereocenters. The lowest BCUT2D eigenvalue weighted by atomic mass is 9.48. The SMILES string of the molecule is CC12CCC(=O)C=C1CCC1CC(C)([C@@](C)(O)C=O)CCC12. The van der Waals surface area contributed by atoms with E-state index in [1.807, 2.05) is 6.08 Å². The van der Waals surface area contributed by atoms with Gasteiger partial charge in [0.1, 0.15) is 5.60 Å². The standard InChI is InChI=1S/C19H28O3/c1-17(19(3,22)12-20)8-7-16-13(11-17)4-5-14-10-15(21)6-9-18(14,16)2/h10,12-13,16,22H,4-9,11H2,1-3H3/t13?,16?,17?,18?,19-/m0/s1. The molecule has 122 valence electrons. The topological polar surface area (TPSA) is 54.4 Å². The Bertz CT molecular complexity index is 533. The molecule has 3 aliphatic carbocycles. The van der Waals surface area contributed by atoms with E-state index in [-0.39, 0.29) is 16.6 Å². The van der Waals surface area contributed by atoms with Gasteiger partial charge in [-0.1, -0.05) is 19.4 Å². The van der Waals surface area contributed by atoms with Gasteiger partial charge >= 0.3 is 0 Å². The molecule has 3 heteroatoms. The molecule has 0 radical (unpaired) electrons. The molecule has 22 heavy (non-hydrogen) atoms. The molecule has 0 heterocycles. The zero-order valence-electron chi connectivity index (χ0n) is 14.0. The van der Waals surface area contributed by atoms with Crippen LogP contribution in [0.5, 0.6) is 0 Å². The highest BCUT2D eigenvalue weighted by Gasteiger charge is 2.54. The summed E-state index contributed by atoms with van der Waals surface area (Å²) in [6.07, 6.45) is 9.22. The zero-order valence-corrected chi connectivity index (χ0v) is 14.0. The van der Waals surface area contributed by atoms with Crippen LogP contribution in [0.1, 0.15) is 65.7 Å². The van der Waals surface area contributed by atoms with E-state index in [1.54, 1.807) is 6.92 Å². The van der Waals surface area contributed by atoms with E-state index in [1.165, 1.54) is 5.57 Å². The molecular weight excluding hydrogens is 276 g/mol. The highest BCUT2D eigenvalue weighted by Crippen LogP contribution is 2.61. The summed E-state index contributed by atoms with van der Waals surface area (Å²) < 4.78 is 0. The van der Waals surface area contributed by atoms with Gasteiger partial charge in [0.2, 0.25) is 0 Å². The lowest BCUT2D eigenvalue weighted by molar-refractivity contribution is -0.147. The molecule has 0 saturated heterocycles.